The highest BCUT2D eigenvalue weighted by Gasteiger charge is 2.27. The quantitative estimate of drug-likeness (QED) is 0.518. The first-order valence-corrected chi connectivity index (χ1v) is 8.11. The van der Waals surface area contributed by atoms with Crippen LogP contribution in [0.25, 0.3) is 0 Å². The fraction of sp³-hybridized carbons (Fsp3) is 0.417. The molecule has 1 fully saturated rings. The fourth-order valence-electron chi connectivity index (χ4n) is 1.85. The van der Waals surface area contributed by atoms with Gasteiger partial charge in [0.15, 0.2) is 0 Å². The van der Waals surface area contributed by atoms with Gasteiger partial charge in [0, 0.05) is 21.0 Å². The Bertz CT molecular complexity index is 458. The molecule has 0 N–H and O–H groups in total. The third-order valence-electron chi connectivity index (χ3n) is 2.83. The van der Waals surface area contributed by atoms with Crippen LogP contribution in [0.2, 0.25) is 5.02 Å². The molecule has 1 atom stereocenters. The number of ether oxygens (including phenoxy) is 1. The molecule has 0 aromatic heterocycles. The average Bonchev–Trinajstić information content (AvgIpc) is 2.41. The lowest BCUT2D eigenvalue weighted by atomic mass is 10.1. The van der Waals surface area contributed by atoms with Crippen LogP contribution in [0, 0.1) is 3.57 Å². The van der Waals surface area contributed by atoms with Crippen molar-refractivity contribution in [1.29, 1.82) is 0 Å². The number of halogens is 3. The number of carbonyl (C=O) groups is 1. The molecule has 6 heteroatoms. The van der Waals surface area contributed by atoms with Gasteiger partial charge in [-0.25, -0.2) is 0 Å². The summed E-state index contributed by atoms with van der Waals surface area (Å²) in [7, 11) is 0. The van der Waals surface area contributed by atoms with Crippen molar-refractivity contribution in [3.63, 3.8) is 0 Å². The third-order valence-corrected chi connectivity index (χ3v) is 5.15. The van der Waals surface area contributed by atoms with Crippen LogP contribution in [0.1, 0.15) is 10.4 Å². The SMILES string of the molecule is O=C(c1ccc(I)c(Cl)c1)N1CCOCC1CBr. The minimum Gasteiger partial charge on any atom is -0.377 e. The van der Waals surface area contributed by atoms with E-state index in [0.717, 1.165) is 8.90 Å². The summed E-state index contributed by atoms with van der Waals surface area (Å²) in [6.07, 6.45) is 0. The molecule has 2 rings (SSSR count). The van der Waals surface area contributed by atoms with Gasteiger partial charge in [0.25, 0.3) is 5.91 Å². The molecule has 1 saturated heterocycles. The lowest BCUT2D eigenvalue weighted by molar-refractivity contribution is 0.00525. The minimum atomic E-state index is 0.0149. The van der Waals surface area contributed by atoms with E-state index in [1.165, 1.54) is 0 Å². The molecule has 1 aliphatic rings. The summed E-state index contributed by atoms with van der Waals surface area (Å²) in [6, 6.07) is 5.49. The normalized spacial score (nSPS) is 19.9. The number of hydrogen-bond donors (Lipinski definition) is 0. The highest BCUT2D eigenvalue weighted by Crippen LogP contribution is 2.22. The smallest absolute Gasteiger partial charge is 0.254 e. The van der Waals surface area contributed by atoms with Gasteiger partial charge >= 0.3 is 0 Å². The van der Waals surface area contributed by atoms with Crippen LogP contribution in [-0.4, -0.2) is 41.9 Å². The third kappa shape index (κ3) is 3.18. The maximum atomic E-state index is 12.4. The lowest BCUT2D eigenvalue weighted by Gasteiger charge is -2.34. The van der Waals surface area contributed by atoms with Crippen LogP contribution in [-0.2, 0) is 4.74 Å². The zero-order chi connectivity index (χ0) is 13.1. The summed E-state index contributed by atoms with van der Waals surface area (Å²) in [6.45, 7) is 1.79. The number of amides is 1. The number of carbonyl (C=O) groups excluding carboxylic acids is 1. The number of morpholine rings is 1. The maximum absolute atomic E-state index is 12.4. The Kier molecular flexibility index (Phi) is 5.29. The lowest BCUT2D eigenvalue weighted by Crippen LogP contribution is -2.49. The molecular formula is C12H12BrClINO2. The van der Waals surface area contributed by atoms with E-state index in [4.69, 9.17) is 16.3 Å². The van der Waals surface area contributed by atoms with Crippen molar-refractivity contribution in [3.8, 4) is 0 Å². The highest BCUT2D eigenvalue weighted by molar-refractivity contribution is 14.1. The Labute approximate surface area is 133 Å². The number of benzene rings is 1. The Morgan fingerprint density at radius 1 is 1.61 bits per heavy atom. The van der Waals surface area contributed by atoms with Gasteiger partial charge in [-0.05, 0) is 40.8 Å². The predicted octanol–water partition coefficient (Wildman–Crippen LogP) is 3.18. The molecule has 18 heavy (non-hydrogen) atoms. The van der Waals surface area contributed by atoms with Crippen molar-refractivity contribution in [2.24, 2.45) is 0 Å². The van der Waals surface area contributed by atoms with Crippen molar-refractivity contribution in [2.45, 2.75) is 6.04 Å². The van der Waals surface area contributed by atoms with E-state index >= 15 is 0 Å². The molecule has 1 aromatic rings. The van der Waals surface area contributed by atoms with E-state index in [1.807, 2.05) is 17.0 Å². The van der Waals surface area contributed by atoms with E-state index in [2.05, 4.69) is 38.5 Å². The molecule has 1 amide bonds. The van der Waals surface area contributed by atoms with Gasteiger partial charge < -0.3 is 9.64 Å². The number of alkyl halides is 1. The summed E-state index contributed by atoms with van der Waals surface area (Å²) in [5.74, 6) is 0.0149. The van der Waals surface area contributed by atoms with Gasteiger partial charge in [-0.1, -0.05) is 27.5 Å². The Hall–Kier alpha value is 0.150. The summed E-state index contributed by atoms with van der Waals surface area (Å²) >= 11 is 11.6. The van der Waals surface area contributed by atoms with Crippen LogP contribution < -0.4 is 0 Å². The minimum absolute atomic E-state index is 0.0149. The zero-order valence-corrected chi connectivity index (χ0v) is 14.0. The summed E-state index contributed by atoms with van der Waals surface area (Å²) < 4.78 is 6.33. The van der Waals surface area contributed by atoms with Crippen LogP contribution in [0.5, 0.6) is 0 Å². The second kappa shape index (κ2) is 6.54. The Morgan fingerprint density at radius 2 is 2.39 bits per heavy atom. The fourth-order valence-corrected chi connectivity index (χ4v) is 2.90. The Balaban J connectivity index is 2.21. The van der Waals surface area contributed by atoms with Gasteiger partial charge in [0.05, 0.1) is 24.3 Å². The summed E-state index contributed by atoms with van der Waals surface area (Å²) in [4.78, 5) is 14.3. The van der Waals surface area contributed by atoms with Gasteiger partial charge in [-0.3, -0.25) is 4.79 Å². The van der Waals surface area contributed by atoms with Gasteiger partial charge in [-0.2, -0.15) is 0 Å². The van der Waals surface area contributed by atoms with Crippen molar-refractivity contribution in [1.82, 2.24) is 4.90 Å². The molecule has 0 bridgehead atoms. The van der Waals surface area contributed by atoms with Gasteiger partial charge in [-0.15, -0.1) is 0 Å². The molecule has 98 valence electrons. The van der Waals surface area contributed by atoms with Crippen molar-refractivity contribution in [2.75, 3.05) is 25.1 Å². The topological polar surface area (TPSA) is 29.5 Å². The molecule has 0 saturated carbocycles. The first-order valence-electron chi connectivity index (χ1n) is 5.53. The van der Waals surface area contributed by atoms with Crippen LogP contribution in [0.3, 0.4) is 0 Å². The molecule has 0 radical (unpaired) electrons. The highest BCUT2D eigenvalue weighted by atomic mass is 127. The molecule has 1 heterocycles. The second-order valence-electron chi connectivity index (χ2n) is 4.01. The molecule has 0 spiro atoms. The summed E-state index contributed by atoms with van der Waals surface area (Å²) in [5, 5.41) is 1.33. The summed E-state index contributed by atoms with van der Waals surface area (Å²) in [5.41, 5.74) is 0.633. The molecule has 1 unspecified atom stereocenters. The van der Waals surface area contributed by atoms with Crippen molar-refractivity contribution in [3.05, 3.63) is 32.4 Å². The maximum Gasteiger partial charge on any atom is 0.254 e. The molecular weight excluding hydrogens is 432 g/mol. The standard InChI is InChI=1S/C12H12BrClINO2/c13-6-9-7-18-4-3-16(9)12(17)8-1-2-11(15)10(14)5-8/h1-2,5,9H,3-4,6-7H2. The van der Waals surface area contributed by atoms with Crippen LogP contribution in [0.15, 0.2) is 18.2 Å². The van der Waals surface area contributed by atoms with Crippen LogP contribution >= 0.6 is 50.1 Å². The van der Waals surface area contributed by atoms with E-state index in [0.29, 0.717) is 30.3 Å². The monoisotopic (exact) mass is 443 g/mol. The number of hydrogen-bond acceptors (Lipinski definition) is 2. The molecule has 0 aliphatic carbocycles. The second-order valence-corrected chi connectivity index (χ2v) is 6.23. The zero-order valence-electron chi connectivity index (χ0n) is 9.54. The van der Waals surface area contributed by atoms with Gasteiger partial charge in [0.2, 0.25) is 0 Å². The van der Waals surface area contributed by atoms with E-state index in [1.54, 1.807) is 6.07 Å². The van der Waals surface area contributed by atoms with Crippen LogP contribution in [0.4, 0.5) is 0 Å². The average molecular weight is 444 g/mol. The first kappa shape index (κ1) is 14.6. The van der Waals surface area contributed by atoms with Gasteiger partial charge in [0.1, 0.15) is 0 Å². The Morgan fingerprint density at radius 3 is 3.06 bits per heavy atom. The van der Waals surface area contributed by atoms with Crippen molar-refractivity contribution < 1.29 is 9.53 Å². The van der Waals surface area contributed by atoms with Crippen molar-refractivity contribution >= 4 is 56.0 Å². The van der Waals surface area contributed by atoms with E-state index < -0.39 is 0 Å². The molecule has 3 nitrogen and oxygen atoms in total. The largest absolute Gasteiger partial charge is 0.377 e. The molecule has 1 aliphatic heterocycles. The number of rotatable bonds is 2. The van der Waals surface area contributed by atoms with E-state index in [9.17, 15) is 4.79 Å². The van der Waals surface area contributed by atoms with E-state index in [-0.39, 0.29) is 11.9 Å². The predicted molar refractivity (Wildman–Crippen MR) is 83.6 cm³/mol. The molecule has 1 aromatic carbocycles. The first-order chi connectivity index (χ1) is 8.63. The number of nitrogens with zero attached hydrogens (tertiary/aromatic N) is 1.